The van der Waals surface area contributed by atoms with Gasteiger partial charge in [0.2, 0.25) is 12.1 Å². The second kappa shape index (κ2) is 10.3. The van der Waals surface area contributed by atoms with Gasteiger partial charge in [-0.15, -0.1) is 0 Å². The van der Waals surface area contributed by atoms with Gasteiger partial charge in [-0.3, -0.25) is 14.6 Å². The number of methoxy groups -OCH3 is 3. The van der Waals surface area contributed by atoms with Crippen molar-refractivity contribution in [1.29, 1.82) is 0 Å². The van der Waals surface area contributed by atoms with Crippen LogP contribution in [0.15, 0.2) is 76.9 Å². The number of nitrogens with zero attached hydrogens (tertiary/aromatic N) is 2. The van der Waals surface area contributed by atoms with Gasteiger partial charge in [0, 0.05) is 23.9 Å². The predicted octanol–water partition coefficient (Wildman–Crippen LogP) is 3.74. The summed E-state index contributed by atoms with van der Waals surface area (Å²) in [5.41, 5.74) is 0.822. The van der Waals surface area contributed by atoms with Crippen molar-refractivity contribution < 1.29 is 37.9 Å². The molecule has 1 aliphatic heterocycles. The van der Waals surface area contributed by atoms with Crippen molar-refractivity contribution in [3.05, 3.63) is 83.8 Å². The van der Waals surface area contributed by atoms with Gasteiger partial charge in [-0.25, -0.2) is 4.57 Å². The van der Waals surface area contributed by atoms with Gasteiger partial charge in [0.05, 0.1) is 39.5 Å². The standard InChI is InChI=1S/C28H27N3O7/c1-35-19-9-4-7-17-15-21(38-26(17)19)24(32)22-23(18-8-5-10-20(36-2)27(18)37-3)31(28(34)25(22)33)13-6-12-30-14-11-29-16-30/h4-5,7-11,14-16,23H,6,12-13H2,1-3H3,(H,32,33)/p+1. The zero-order valence-corrected chi connectivity index (χ0v) is 21.3. The molecule has 5 rings (SSSR count). The molecule has 2 aromatic heterocycles. The highest BCUT2D eigenvalue weighted by Gasteiger charge is 2.45. The zero-order valence-electron chi connectivity index (χ0n) is 21.3. The van der Waals surface area contributed by atoms with Crippen LogP contribution in [0.1, 0.15) is 28.6 Å². The number of aliphatic hydroxyl groups excluding tert-OH is 1. The van der Waals surface area contributed by atoms with Crippen molar-refractivity contribution in [3.8, 4) is 17.2 Å². The maximum atomic E-state index is 13.9. The van der Waals surface area contributed by atoms with Crippen LogP contribution in [0, 0.1) is 0 Å². The van der Waals surface area contributed by atoms with E-state index in [2.05, 4.69) is 4.98 Å². The number of hydrogen-bond donors (Lipinski definition) is 2. The molecule has 0 bridgehead atoms. The Morgan fingerprint density at radius 2 is 1.87 bits per heavy atom. The third-order valence-electron chi connectivity index (χ3n) is 6.65. The fourth-order valence-corrected chi connectivity index (χ4v) is 4.89. The second-order valence-corrected chi connectivity index (χ2v) is 8.77. The van der Waals surface area contributed by atoms with Crippen molar-refractivity contribution in [2.75, 3.05) is 27.9 Å². The summed E-state index contributed by atoms with van der Waals surface area (Å²) in [6.45, 7) is 0.902. The van der Waals surface area contributed by atoms with Crippen molar-refractivity contribution >= 4 is 22.7 Å². The summed E-state index contributed by atoms with van der Waals surface area (Å²) in [5, 5.41) is 11.7. The SMILES string of the molecule is COc1cccc(C2C(C(=O)c3cc4cccc(OC)c4o3)=C(O)C(=O)N2CCC[n+]2cc[nH]c2)c1OC. The number of aromatic amines is 1. The first-order valence-corrected chi connectivity index (χ1v) is 12.1. The molecule has 2 aromatic carbocycles. The zero-order chi connectivity index (χ0) is 26.8. The van der Waals surface area contributed by atoms with Crippen LogP contribution >= 0.6 is 0 Å². The number of H-pyrrole nitrogens is 1. The monoisotopic (exact) mass is 518 g/mol. The Hall–Kier alpha value is -4.73. The van der Waals surface area contributed by atoms with Gasteiger partial charge in [-0.2, -0.15) is 0 Å². The van der Waals surface area contributed by atoms with Crippen molar-refractivity contribution in [3.63, 3.8) is 0 Å². The summed E-state index contributed by atoms with van der Waals surface area (Å²) in [4.78, 5) is 31.8. The van der Waals surface area contributed by atoms with Gasteiger partial charge in [-0.05, 0) is 18.2 Å². The molecule has 38 heavy (non-hydrogen) atoms. The summed E-state index contributed by atoms with van der Waals surface area (Å²) in [6.07, 6.45) is 6.08. The topological polar surface area (TPSA) is 118 Å². The van der Waals surface area contributed by atoms with E-state index in [0.717, 1.165) is 0 Å². The number of Topliss-reactive ketones (excluding diaryl/α,β-unsaturated/α-hetero) is 1. The molecule has 2 N–H and O–H groups in total. The average Bonchev–Trinajstić information content (AvgIpc) is 3.67. The van der Waals surface area contributed by atoms with Crippen LogP contribution in [0.5, 0.6) is 17.2 Å². The van der Waals surface area contributed by atoms with Crippen molar-refractivity contribution in [2.24, 2.45) is 0 Å². The van der Waals surface area contributed by atoms with E-state index < -0.39 is 23.5 Å². The summed E-state index contributed by atoms with van der Waals surface area (Å²) >= 11 is 0. The Labute approximate surface area is 218 Å². The fourth-order valence-electron chi connectivity index (χ4n) is 4.89. The molecule has 1 atom stereocenters. The number of para-hydroxylation sites is 2. The summed E-state index contributed by atoms with van der Waals surface area (Å²) in [7, 11) is 4.51. The number of rotatable bonds is 10. The van der Waals surface area contributed by atoms with E-state index in [9.17, 15) is 14.7 Å². The number of furan rings is 1. The molecule has 4 aromatic rings. The molecule has 0 fully saturated rings. The quantitative estimate of drug-likeness (QED) is 0.243. The molecule has 1 unspecified atom stereocenters. The summed E-state index contributed by atoms with van der Waals surface area (Å²) in [5.74, 6) is -0.613. The highest BCUT2D eigenvalue weighted by atomic mass is 16.5. The summed E-state index contributed by atoms with van der Waals surface area (Å²) in [6, 6.07) is 11.2. The summed E-state index contributed by atoms with van der Waals surface area (Å²) < 4.78 is 24.3. The van der Waals surface area contributed by atoms with Gasteiger partial charge in [0.25, 0.3) is 5.91 Å². The van der Waals surface area contributed by atoms with E-state index in [1.165, 1.54) is 26.2 Å². The highest BCUT2D eigenvalue weighted by molar-refractivity contribution is 6.16. The van der Waals surface area contributed by atoms with E-state index in [4.69, 9.17) is 18.6 Å². The third kappa shape index (κ3) is 4.23. The average molecular weight is 519 g/mol. The number of carbonyl (C=O) groups is 2. The smallest absolute Gasteiger partial charge is 0.290 e. The normalized spacial score (nSPS) is 15.4. The molecule has 0 saturated heterocycles. The largest absolute Gasteiger partial charge is 0.503 e. The van der Waals surface area contributed by atoms with Crippen LogP contribution in [-0.2, 0) is 11.3 Å². The van der Waals surface area contributed by atoms with Crippen LogP contribution in [0.4, 0.5) is 0 Å². The lowest BCUT2D eigenvalue weighted by Gasteiger charge is -2.28. The number of amides is 1. The number of aliphatic hydroxyl groups is 1. The van der Waals surface area contributed by atoms with Crippen molar-refractivity contribution in [2.45, 2.75) is 19.0 Å². The van der Waals surface area contributed by atoms with Gasteiger partial charge >= 0.3 is 0 Å². The van der Waals surface area contributed by atoms with E-state index in [-0.39, 0.29) is 17.9 Å². The van der Waals surface area contributed by atoms with Gasteiger partial charge in [-0.1, -0.05) is 24.3 Å². The molecule has 1 amide bonds. The number of imidazole rings is 1. The molecular weight excluding hydrogens is 490 g/mol. The van der Waals surface area contributed by atoms with Gasteiger partial charge in [0.15, 0.2) is 34.4 Å². The van der Waals surface area contributed by atoms with Crippen LogP contribution in [0.25, 0.3) is 11.0 Å². The minimum atomic E-state index is -0.925. The van der Waals surface area contributed by atoms with Gasteiger partial charge < -0.3 is 28.6 Å². The van der Waals surface area contributed by atoms with Crippen LogP contribution in [-0.4, -0.2) is 54.6 Å². The first-order valence-electron chi connectivity index (χ1n) is 12.1. The van der Waals surface area contributed by atoms with E-state index >= 15 is 0 Å². The number of nitrogens with one attached hydrogen (secondary N) is 1. The lowest BCUT2D eigenvalue weighted by Crippen LogP contribution is -2.36. The van der Waals surface area contributed by atoms with Gasteiger partial charge in [0.1, 0.15) is 12.4 Å². The van der Waals surface area contributed by atoms with E-state index in [1.807, 2.05) is 17.1 Å². The molecule has 10 heteroatoms. The molecular formula is C28H28N3O7+. The first-order chi connectivity index (χ1) is 18.5. The molecule has 3 heterocycles. The number of fused-ring (bicyclic) bond motifs is 1. The molecule has 0 spiro atoms. The minimum Gasteiger partial charge on any atom is -0.503 e. The number of hydrogen-bond acceptors (Lipinski definition) is 7. The maximum absolute atomic E-state index is 13.9. The number of aryl methyl sites for hydroxylation is 1. The minimum absolute atomic E-state index is 0.0181. The number of carbonyl (C=O) groups excluding carboxylic acids is 2. The molecule has 0 aliphatic carbocycles. The first kappa shape index (κ1) is 24.9. The molecule has 0 saturated carbocycles. The number of ketones is 1. The predicted molar refractivity (Wildman–Crippen MR) is 136 cm³/mol. The lowest BCUT2D eigenvalue weighted by molar-refractivity contribution is -0.695. The number of benzene rings is 2. The second-order valence-electron chi connectivity index (χ2n) is 8.77. The van der Waals surface area contributed by atoms with Crippen LogP contribution in [0.3, 0.4) is 0 Å². The lowest BCUT2D eigenvalue weighted by atomic mass is 9.94. The number of ether oxygens (including phenoxy) is 3. The molecule has 10 nitrogen and oxygen atoms in total. The van der Waals surface area contributed by atoms with Crippen LogP contribution in [0.2, 0.25) is 0 Å². The molecule has 196 valence electrons. The fraction of sp³-hybridized carbons (Fsp3) is 0.250. The van der Waals surface area contributed by atoms with Crippen molar-refractivity contribution in [1.82, 2.24) is 9.88 Å². The third-order valence-corrected chi connectivity index (χ3v) is 6.65. The maximum Gasteiger partial charge on any atom is 0.290 e. The Morgan fingerprint density at radius 1 is 1.11 bits per heavy atom. The molecule has 0 radical (unpaired) electrons. The highest BCUT2D eigenvalue weighted by Crippen LogP contribution is 2.45. The number of aromatic nitrogens is 2. The Kier molecular flexibility index (Phi) is 6.78. The van der Waals surface area contributed by atoms with E-state index in [1.54, 1.807) is 48.7 Å². The Morgan fingerprint density at radius 3 is 2.58 bits per heavy atom. The molecule has 1 aliphatic rings. The van der Waals surface area contributed by atoms with E-state index in [0.29, 0.717) is 46.7 Å². The Balaban J connectivity index is 1.58. The van der Waals surface area contributed by atoms with Crippen LogP contribution < -0.4 is 18.8 Å². The Bertz CT molecular complexity index is 1520.